The van der Waals surface area contributed by atoms with Crippen molar-refractivity contribution >= 4 is 34.8 Å². The van der Waals surface area contributed by atoms with E-state index in [1.165, 1.54) is 12.1 Å². The third-order valence-electron chi connectivity index (χ3n) is 2.62. The van der Waals surface area contributed by atoms with Crippen LogP contribution in [-0.2, 0) is 6.61 Å². The molecule has 0 atom stereocenters. The van der Waals surface area contributed by atoms with Gasteiger partial charge in [0.2, 0.25) is 0 Å². The summed E-state index contributed by atoms with van der Waals surface area (Å²) in [6, 6.07) is 9.41. The van der Waals surface area contributed by atoms with Crippen molar-refractivity contribution in [2.45, 2.75) is 6.61 Å². The Hall–Kier alpha value is -1.40. The van der Waals surface area contributed by atoms with Gasteiger partial charge in [-0.1, -0.05) is 35.0 Å². The van der Waals surface area contributed by atoms with E-state index in [-0.39, 0.29) is 18.2 Å². The van der Waals surface area contributed by atoms with Crippen LogP contribution in [0.5, 0.6) is 5.75 Å². The van der Waals surface area contributed by atoms with Gasteiger partial charge in [-0.2, -0.15) is 0 Å². The second-order valence-electron chi connectivity index (χ2n) is 4.11. The van der Waals surface area contributed by atoms with Crippen LogP contribution < -0.4 is 4.74 Å². The molecule has 0 bridgehead atoms. The lowest BCUT2D eigenvalue weighted by molar-refractivity contribution is 0.290. The van der Waals surface area contributed by atoms with Gasteiger partial charge in [0.15, 0.2) is 11.6 Å². The number of hydrogen-bond donors (Lipinski definition) is 0. The molecule has 0 aliphatic carbocycles. The van der Waals surface area contributed by atoms with Crippen molar-refractivity contribution < 1.29 is 9.13 Å². The maximum Gasteiger partial charge on any atom is 0.165 e. The molecule has 0 aliphatic rings. The number of rotatable bonds is 3. The second kappa shape index (κ2) is 7.56. The molecule has 108 valence electrons. The Balaban J connectivity index is 2.17. The van der Waals surface area contributed by atoms with Crippen LogP contribution in [0.15, 0.2) is 36.4 Å². The zero-order chi connectivity index (χ0) is 15.2. The predicted octanol–water partition coefficient (Wildman–Crippen LogP) is 5.30. The van der Waals surface area contributed by atoms with Crippen LogP contribution in [0, 0.1) is 17.7 Å². The fraction of sp³-hybridized carbons (Fsp3) is 0.125. The zero-order valence-electron chi connectivity index (χ0n) is 10.8. The molecule has 0 amide bonds. The van der Waals surface area contributed by atoms with Crippen molar-refractivity contribution in [2.75, 3.05) is 5.88 Å². The first kappa shape index (κ1) is 16.0. The molecule has 0 spiro atoms. The lowest BCUT2D eigenvalue weighted by Crippen LogP contribution is -1.98. The Morgan fingerprint density at radius 1 is 1.10 bits per heavy atom. The van der Waals surface area contributed by atoms with Crippen LogP contribution in [0.25, 0.3) is 0 Å². The van der Waals surface area contributed by atoms with Crippen molar-refractivity contribution in [3.8, 4) is 17.6 Å². The Labute approximate surface area is 137 Å². The summed E-state index contributed by atoms with van der Waals surface area (Å²) in [6.45, 7) is 0.114. The standard InChI is InChI=1S/C16H10Cl3FO/c17-7-1-2-11-3-6-15(20)16(8-11)21-10-12-9-13(18)4-5-14(12)19/h3-6,8-9H,7,10H2. The molecule has 0 saturated heterocycles. The Bertz CT molecular complexity index is 704. The van der Waals surface area contributed by atoms with E-state index in [9.17, 15) is 4.39 Å². The van der Waals surface area contributed by atoms with Crippen molar-refractivity contribution in [3.05, 3.63) is 63.4 Å². The highest BCUT2D eigenvalue weighted by atomic mass is 35.5. The van der Waals surface area contributed by atoms with Gasteiger partial charge in [-0.3, -0.25) is 0 Å². The van der Waals surface area contributed by atoms with Crippen LogP contribution >= 0.6 is 34.8 Å². The Kier molecular flexibility index (Phi) is 5.76. The number of benzene rings is 2. The summed E-state index contributed by atoms with van der Waals surface area (Å²) >= 11 is 17.4. The third-order valence-corrected chi connectivity index (χ3v) is 3.36. The molecule has 5 heteroatoms. The fourth-order valence-electron chi connectivity index (χ4n) is 1.64. The summed E-state index contributed by atoms with van der Waals surface area (Å²) in [5.41, 5.74) is 1.31. The molecule has 0 N–H and O–H groups in total. The predicted molar refractivity (Wildman–Crippen MR) is 84.8 cm³/mol. The highest BCUT2D eigenvalue weighted by Crippen LogP contribution is 2.24. The molecule has 0 unspecified atom stereocenters. The van der Waals surface area contributed by atoms with Gasteiger partial charge in [0.25, 0.3) is 0 Å². The van der Waals surface area contributed by atoms with E-state index < -0.39 is 5.82 Å². The largest absolute Gasteiger partial charge is 0.486 e. The quantitative estimate of drug-likeness (QED) is 0.542. The molecule has 21 heavy (non-hydrogen) atoms. The van der Waals surface area contributed by atoms with E-state index in [0.29, 0.717) is 21.2 Å². The maximum atomic E-state index is 13.7. The molecular formula is C16H10Cl3FO. The van der Waals surface area contributed by atoms with E-state index in [2.05, 4.69) is 11.8 Å². The van der Waals surface area contributed by atoms with Crippen molar-refractivity contribution in [3.63, 3.8) is 0 Å². The third kappa shape index (κ3) is 4.54. The van der Waals surface area contributed by atoms with Crippen molar-refractivity contribution in [2.24, 2.45) is 0 Å². The van der Waals surface area contributed by atoms with E-state index >= 15 is 0 Å². The molecule has 0 heterocycles. The van der Waals surface area contributed by atoms with Gasteiger partial charge in [-0.25, -0.2) is 4.39 Å². The van der Waals surface area contributed by atoms with E-state index in [4.69, 9.17) is 39.5 Å². The molecule has 2 rings (SSSR count). The molecule has 0 aromatic heterocycles. The molecule has 0 radical (unpaired) electrons. The minimum atomic E-state index is -0.468. The Morgan fingerprint density at radius 3 is 2.67 bits per heavy atom. The monoisotopic (exact) mass is 342 g/mol. The highest BCUT2D eigenvalue weighted by molar-refractivity contribution is 6.33. The van der Waals surface area contributed by atoms with Gasteiger partial charge < -0.3 is 4.74 Å². The van der Waals surface area contributed by atoms with Gasteiger partial charge in [-0.05, 0) is 36.4 Å². The van der Waals surface area contributed by atoms with Crippen LogP contribution in [-0.4, -0.2) is 5.88 Å². The topological polar surface area (TPSA) is 9.23 Å². The minimum Gasteiger partial charge on any atom is -0.486 e. The molecule has 0 aliphatic heterocycles. The molecule has 2 aromatic rings. The summed E-state index contributed by atoms with van der Waals surface area (Å²) in [4.78, 5) is 0. The summed E-state index contributed by atoms with van der Waals surface area (Å²) in [5.74, 6) is 5.36. The first-order valence-electron chi connectivity index (χ1n) is 6.01. The normalized spacial score (nSPS) is 9.90. The summed E-state index contributed by atoms with van der Waals surface area (Å²) in [6.07, 6.45) is 0. The Morgan fingerprint density at radius 2 is 1.90 bits per heavy atom. The molecule has 0 saturated carbocycles. The van der Waals surface area contributed by atoms with E-state index in [1.54, 1.807) is 24.3 Å². The van der Waals surface area contributed by atoms with Gasteiger partial charge in [0.05, 0.1) is 5.88 Å². The summed E-state index contributed by atoms with van der Waals surface area (Å²) in [5, 5.41) is 1.05. The molecular weight excluding hydrogens is 334 g/mol. The number of alkyl halides is 1. The first-order chi connectivity index (χ1) is 10.1. The average Bonchev–Trinajstić information content (AvgIpc) is 2.48. The number of halogens is 4. The molecule has 1 nitrogen and oxygen atoms in total. The summed E-state index contributed by atoms with van der Waals surface area (Å²) < 4.78 is 19.2. The van der Waals surface area contributed by atoms with E-state index in [1.807, 2.05) is 0 Å². The fourth-order valence-corrected chi connectivity index (χ4v) is 2.07. The smallest absolute Gasteiger partial charge is 0.165 e. The van der Waals surface area contributed by atoms with E-state index in [0.717, 1.165) is 0 Å². The lowest BCUT2D eigenvalue weighted by atomic mass is 10.2. The molecule has 0 fully saturated rings. The molecule has 2 aromatic carbocycles. The van der Waals surface area contributed by atoms with Crippen LogP contribution in [0.2, 0.25) is 10.0 Å². The van der Waals surface area contributed by atoms with Crippen LogP contribution in [0.1, 0.15) is 11.1 Å². The van der Waals surface area contributed by atoms with Crippen LogP contribution in [0.4, 0.5) is 4.39 Å². The average molecular weight is 344 g/mol. The van der Waals surface area contributed by atoms with Crippen molar-refractivity contribution in [1.29, 1.82) is 0 Å². The number of ether oxygens (including phenoxy) is 1. The summed E-state index contributed by atoms with van der Waals surface area (Å²) in [7, 11) is 0. The van der Waals surface area contributed by atoms with Crippen molar-refractivity contribution in [1.82, 2.24) is 0 Å². The van der Waals surface area contributed by atoms with Gasteiger partial charge in [0.1, 0.15) is 6.61 Å². The van der Waals surface area contributed by atoms with Crippen LogP contribution in [0.3, 0.4) is 0 Å². The SMILES string of the molecule is Fc1ccc(C#CCCl)cc1OCc1cc(Cl)ccc1Cl. The van der Waals surface area contributed by atoms with Gasteiger partial charge >= 0.3 is 0 Å². The zero-order valence-corrected chi connectivity index (χ0v) is 13.1. The maximum absolute atomic E-state index is 13.7. The second-order valence-corrected chi connectivity index (χ2v) is 5.22. The highest BCUT2D eigenvalue weighted by Gasteiger charge is 2.07. The lowest BCUT2D eigenvalue weighted by Gasteiger charge is -2.09. The van der Waals surface area contributed by atoms with Gasteiger partial charge in [-0.15, -0.1) is 11.6 Å². The first-order valence-corrected chi connectivity index (χ1v) is 7.30. The van der Waals surface area contributed by atoms with Gasteiger partial charge in [0, 0.05) is 21.2 Å². The minimum absolute atomic E-state index is 0.104. The number of hydrogen-bond acceptors (Lipinski definition) is 1.